The van der Waals surface area contributed by atoms with Crippen LogP contribution in [-0.4, -0.2) is 28.3 Å². The van der Waals surface area contributed by atoms with Crippen molar-refractivity contribution in [1.29, 1.82) is 0 Å². The van der Waals surface area contributed by atoms with Gasteiger partial charge in [-0.15, -0.1) is 0 Å². The van der Waals surface area contributed by atoms with Gasteiger partial charge in [0.2, 0.25) is 4.96 Å². The summed E-state index contributed by atoms with van der Waals surface area (Å²) >= 11 is 1.11. The van der Waals surface area contributed by atoms with Crippen molar-refractivity contribution in [2.45, 2.75) is 6.92 Å². The molecule has 2 heterocycles. The second-order valence-corrected chi connectivity index (χ2v) is 6.13. The maximum Gasteiger partial charge on any atom is 0.295 e. The molecule has 1 aromatic carbocycles. The molecule has 0 atom stereocenters. The normalized spacial score (nSPS) is 11.7. The summed E-state index contributed by atoms with van der Waals surface area (Å²) < 4.78 is 12.4. The van der Waals surface area contributed by atoms with Crippen LogP contribution in [0.15, 0.2) is 40.4 Å². The Morgan fingerprint density at radius 3 is 2.84 bits per heavy atom. The molecule has 3 aromatic rings. The van der Waals surface area contributed by atoms with Gasteiger partial charge in [-0.25, -0.2) is 0 Å². The largest absolute Gasteiger partial charge is 0.493 e. The van der Waals surface area contributed by atoms with Crippen molar-refractivity contribution in [3.05, 3.63) is 67.4 Å². The van der Waals surface area contributed by atoms with Gasteiger partial charge in [0.05, 0.1) is 11.6 Å². The molecule has 0 amide bonds. The molecule has 0 saturated carbocycles. The molecule has 0 spiro atoms. The summed E-state index contributed by atoms with van der Waals surface area (Å²) in [6.45, 7) is 5.49. The van der Waals surface area contributed by atoms with Crippen LogP contribution in [0.3, 0.4) is 0 Å². The van der Waals surface area contributed by atoms with Crippen molar-refractivity contribution in [2.24, 2.45) is 0 Å². The standard InChI is InChI=1S/C17H15N3O4S/c1-4-7-24-12-6-5-11(8-13(12)23-3)9-14-16(22)20-17(25-14)18-15(21)10(2)19-20/h4-6,8-9H,1,7H2,2-3H3. The Hall–Kier alpha value is -3.00. The zero-order valence-electron chi connectivity index (χ0n) is 13.7. The molecular weight excluding hydrogens is 342 g/mol. The predicted molar refractivity (Wildman–Crippen MR) is 95.6 cm³/mol. The zero-order chi connectivity index (χ0) is 18.0. The lowest BCUT2D eigenvalue weighted by atomic mass is 10.2. The van der Waals surface area contributed by atoms with Crippen molar-refractivity contribution in [3.63, 3.8) is 0 Å². The Bertz CT molecular complexity index is 1120. The molecule has 0 aliphatic carbocycles. The van der Waals surface area contributed by atoms with Crippen molar-refractivity contribution in [3.8, 4) is 11.5 Å². The van der Waals surface area contributed by atoms with Gasteiger partial charge in [0.1, 0.15) is 12.3 Å². The summed E-state index contributed by atoms with van der Waals surface area (Å²) in [7, 11) is 1.54. The maximum absolute atomic E-state index is 12.4. The monoisotopic (exact) mass is 357 g/mol. The maximum atomic E-state index is 12.4. The smallest absolute Gasteiger partial charge is 0.295 e. The van der Waals surface area contributed by atoms with Gasteiger partial charge in [0.15, 0.2) is 11.5 Å². The molecule has 0 fully saturated rings. The molecule has 0 saturated heterocycles. The van der Waals surface area contributed by atoms with E-state index in [1.54, 1.807) is 37.5 Å². The van der Waals surface area contributed by atoms with E-state index in [1.807, 2.05) is 0 Å². The number of benzene rings is 1. The molecular formula is C17H15N3O4S. The lowest BCUT2D eigenvalue weighted by Gasteiger charge is -2.09. The Balaban J connectivity index is 2.10. The van der Waals surface area contributed by atoms with Gasteiger partial charge in [-0.2, -0.15) is 14.6 Å². The van der Waals surface area contributed by atoms with Crippen LogP contribution in [0.5, 0.6) is 11.5 Å². The van der Waals surface area contributed by atoms with Crippen LogP contribution in [0, 0.1) is 6.92 Å². The number of aromatic nitrogens is 3. The summed E-state index contributed by atoms with van der Waals surface area (Å²) in [5, 5.41) is 3.98. The molecule has 0 bridgehead atoms. The minimum atomic E-state index is -0.432. The summed E-state index contributed by atoms with van der Waals surface area (Å²) in [6, 6.07) is 5.33. The van der Waals surface area contributed by atoms with Crippen LogP contribution < -0.4 is 25.1 Å². The lowest BCUT2D eigenvalue weighted by Crippen LogP contribution is -2.27. The third-order valence-corrected chi connectivity index (χ3v) is 4.34. The van der Waals surface area contributed by atoms with Crippen molar-refractivity contribution in [2.75, 3.05) is 13.7 Å². The van der Waals surface area contributed by atoms with E-state index >= 15 is 0 Å². The predicted octanol–water partition coefficient (Wildman–Crippen LogP) is 0.941. The van der Waals surface area contributed by atoms with E-state index in [1.165, 1.54) is 6.92 Å². The van der Waals surface area contributed by atoms with Crippen LogP contribution in [-0.2, 0) is 0 Å². The number of methoxy groups -OCH3 is 1. The third-order valence-electron chi connectivity index (χ3n) is 3.38. The fourth-order valence-corrected chi connectivity index (χ4v) is 3.08. The Morgan fingerprint density at radius 2 is 2.12 bits per heavy atom. The topological polar surface area (TPSA) is 82.8 Å². The second-order valence-electron chi connectivity index (χ2n) is 5.12. The van der Waals surface area contributed by atoms with E-state index in [0.717, 1.165) is 21.4 Å². The number of hydrogen-bond acceptors (Lipinski definition) is 7. The van der Waals surface area contributed by atoms with E-state index in [2.05, 4.69) is 16.7 Å². The summed E-state index contributed by atoms with van der Waals surface area (Å²) in [5.74, 6) is 1.13. The molecule has 3 rings (SSSR count). The van der Waals surface area contributed by atoms with Crippen LogP contribution in [0.1, 0.15) is 11.3 Å². The van der Waals surface area contributed by atoms with Crippen molar-refractivity contribution in [1.82, 2.24) is 14.6 Å². The number of thiazole rings is 1. The molecule has 7 nitrogen and oxygen atoms in total. The minimum absolute atomic E-state index is 0.185. The van der Waals surface area contributed by atoms with E-state index < -0.39 is 5.56 Å². The van der Waals surface area contributed by atoms with E-state index in [0.29, 0.717) is 22.6 Å². The molecule has 0 unspecified atom stereocenters. The van der Waals surface area contributed by atoms with Crippen LogP contribution in [0.2, 0.25) is 0 Å². The first-order chi connectivity index (χ1) is 12.0. The quantitative estimate of drug-likeness (QED) is 0.632. The average Bonchev–Trinajstić information content (AvgIpc) is 2.89. The number of rotatable bonds is 5. The number of nitrogens with zero attached hydrogens (tertiary/aromatic N) is 3. The first-order valence-electron chi connectivity index (χ1n) is 7.37. The highest BCUT2D eigenvalue weighted by atomic mass is 32.1. The molecule has 8 heteroatoms. The van der Waals surface area contributed by atoms with Crippen molar-refractivity contribution < 1.29 is 9.47 Å². The van der Waals surface area contributed by atoms with Gasteiger partial charge < -0.3 is 9.47 Å². The highest BCUT2D eigenvalue weighted by molar-refractivity contribution is 7.15. The van der Waals surface area contributed by atoms with Gasteiger partial charge in [0, 0.05) is 0 Å². The first kappa shape index (κ1) is 16.8. The number of aryl methyl sites for hydroxylation is 1. The van der Waals surface area contributed by atoms with Gasteiger partial charge in [-0.05, 0) is 30.7 Å². The lowest BCUT2D eigenvalue weighted by molar-refractivity contribution is 0.326. The summed E-state index contributed by atoms with van der Waals surface area (Å²) in [5.41, 5.74) is 0.190. The van der Waals surface area contributed by atoms with Crippen molar-refractivity contribution >= 4 is 22.4 Å². The SMILES string of the molecule is C=CCOc1ccc(C=c2sc3nc(=O)c(C)nn3c2=O)cc1OC. The van der Waals surface area contributed by atoms with Gasteiger partial charge in [-0.1, -0.05) is 30.1 Å². The molecule has 25 heavy (non-hydrogen) atoms. The molecule has 2 aromatic heterocycles. The number of fused-ring (bicyclic) bond motifs is 1. The Kier molecular flexibility index (Phi) is 4.62. The Morgan fingerprint density at radius 1 is 1.32 bits per heavy atom. The number of ether oxygens (including phenoxy) is 2. The van der Waals surface area contributed by atoms with Crippen LogP contribution in [0.4, 0.5) is 0 Å². The van der Waals surface area contributed by atoms with Crippen LogP contribution >= 0.6 is 11.3 Å². The van der Waals surface area contributed by atoms with E-state index in [9.17, 15) is 9.59 Å². The zero-order valence-corrected chi connectivity index (χ0v) is 14.5. The molecule has 0 N–H and O–H groups in total. The first-order valence-corrected chi connectivity index (χ1v) is 8.19. The fourth-order valence-electron chi connectivity index (χ4n) is 2.18. The molecule has 0 radical (unpaired) electrons. The van der Waals surface area contributed by atoms with Gasteiger partial charge in [-0.3, -0.25) is 9.59 Å². The average molecular weight is 357 g/mol. The minimum Gasteiger partial charge on any atom is -0.493 e. The summed E-state index contributed by atoms with van der Waals surface area (Å²) in [4.78, 5) is 28.2. The highest BCUT2D eigenvalue weighted by Gasteiger charge is 2.09. The third kappa shape index (κ3) is 3.29. The van der Waals surface area contributed by atoms with Gasteiger partial charge in [0.25, 0.3) is 11.1 Å². The van der Waals surface area contributed by atoms with E-state index in [4.69, 9.17) is 9.47 Å². The summed E-state index contributed by atoms with van der Waals surface area (Å²) in [6.07, 6.45) is 3.34. The highest BCUT2D eigenvalue weighted by Crippen LogP contribution is 2.28. The number of hydrogen-bond donors (Lipinski definition) is 0. The Labute approximate surface area is 146 Å². The molecule has 128 valence electrons. The van der Waals surface area contributed by atoms with Gasteiger partial charge >= 0.3 is 0 Å². The van der Waals surface area contributed by atoms with Crippen LogP contribution in [0.25, 0.3) is 11.0 Å². The fraction of sp³-hybridized carbons (Fsp3) is 0.176. The van der Waals surface area contributed by atoms with E-state index in [-0.39, 0.29) is 16.2 Å². The molecule has 0 aliphatic heterocycles. The molecule has 0 aliphatic rings. The second kappa shape index (κ2) is 6.86.